The quantitative estimate of drug-likeness (QED) is 0.335. The van der Waals surface area contributed by atoms with E-state index in [4.69, 9.17) is 14.2 Å². The van der Waals surface area contributed by atoms with Crippen molar-refractivity contribution in [2.24, 2.45) is 0 Å². The van der Waals surface area contributed by atoms with Crippen LogP contribution in [0.3, 0.4) is 0 Å². The number of aliphatic hydroxyl groups excluding tert-OH is 1. The molecule has 0 aliphatic rings. The highest BCUT2D eigenvalue weighted by Gasteiger charge is 2.30. The molecule has 0 radical (unpaired) electrons. The minimum atomic E-state index is -0.579. The molecule has 3 rings (SSSR count). The summed E-state index contributed by atoms with van der Waals surface area (Å²) in [5.41, 5.74) is 3.12. The van der Waals surface area contributed by atoms with Crippen LogP contribution in [-0.4, -0.2) is 30.0 Å². The first-order chi connectivity index (χ1) is 16.3. The Balaban J connectivity index is 1.78. The highest BCUT2D eigenvalue weighted by molar-refractivity contribution is 5.16. The van der Waals surface area contributed by atoms with Crippen molar-refractivity contribution in [1.29, 1.82) is 0 Å². The molecule has 1 N–H and O–H groups in total. The van der Waals surface area contributed by atoms with E-state index in [9.17, 15) is 5.11 Å². The highest BCUT2D eigenvalue weighted by atomic mass is 16.6. The fourth-order valence-electron chi connectivity index (χ4n) is 3.42. The van der Waals surface area contributed by atoms with Crippen LogP contribution in [0.25, 0.3) is 0 Å². The number of ether oxygens (including phenoxy) is 3. The average molecular weight is 445 g/mol. The molecule has 0 heterocycles. The Labute approximate surface area is 196 Å². The van der Waals surface area contributed by atoms with Gasteiger partial charge in [-0.2, -0.15) is 0 Å². The van der Waals surface area contributed by atoms with E-state index in [-0.39, 0.29) is 6.61 Å². The zero-order valence-electron chi connectivity index (χ0n) is 18.8. The lowest BCUT2D eigenvalue weighted by molar-refractivity contribution is -0.149. The number of aliphatic hydroxyl groups is 1. The van der Waals surface area contributed by atoms with Gasteiger partial charge in [0.15, 0.2) is 0 Å². The predicted molar refractivity (Wildman–Crippen MR) is 131 cm³/mol. The Morgan fingerprint density at radius 3 is 1.58 bits per heavy atom. The van der Waals surface area contributed by atoms with Crippen molar-refractivity contribution >= 4 is 0 Å². The van der Waals surface area contributed by atoms with Crippen molar-refractivity contribution < 1.29 is 19.3 Å². The molecule has 0 aliphatic carbocycles. The Kier molecular flexibility index (Phi) is 10.6. The molecule has 0 spiro atoms. The summed E-state index contributed by atoms with van der Waals surface area (Å²) in [5, 5.41) is 10.2. The van der Waals surface area contributed by atoms with E-state index in [0.29, 0.717) is 19.8 Å². The number of benzene rings is 3. The lowest BCUT2D eigenvalue weighted by atomic mass is 10.1. The summed E-state index contributed by atoms with van der Waals surface area (Å²) in [6.07, 6.45) is 3.88. The Bertz CT molecular complexity index is 941. The van der Waals surface area contributed by atoms with Gasteiger partial charge in [0.1, 0.15) is 18.3 Å². The van der Waals surface area contributed by atoms with Gasteiger partial charge in [0, 0.05) is 0 Å². The van der Waals surface area contributed by atoms with Gasteiger partial charge < -0.3 is 19.3 Å². The number of hydrogen-bond acceptors (Lipinski definition) is 4. The molecule has 4 nitrogen and oxygen atoms in total. The minimum absolute atomic E-state index is 0.195. The maximum absolute atomic E-state index is 10.2. The molecule has 0 fully saturated rings. The summed E-state index contributed by atoms with van der Waals surface area (Å²) in [4.78, 5) is 0. The first-order valence-electron chi connectivity index (χ1n) is 11.2. The number of rotatable bonds is 14. The number of allylic oxidation sites excluding steroid dienone is 2. The summed E-state index contributed by atoms with van der Waals surface area (Å²) < 4.78 is 18.7. The Morgan fingerprint density at radius 1 is 0.667 bits per heavy atom. The van der Waals surface area contributed by atoms with E-state index < -0.39 is 18.3 Å². The first kappa shape index (κ1) is 24.6. The van der Waals surface area contributed by atoms with E-state index in [0.717, 1.165) is 16.7 Å². The largest absolute Gasteiger partial charge is 0.394 e. The average Bonchev–Trinajstić information content (AvgIpc) is 2.88. The smallest absolute Gasteiger partial charge is 0.116 e. The normalized spacial score (nSPS) is 14.1. The van der Waals surface area contributed by atoms with Crippen LogP contribution in [0.5, 0.6) is 0 Å². The van der Waals surface area contributed by atoms with Crippen molar-refractivity contribution in [3.63, 3.8) is 0 Å². The van der Waals surface area contributed by atoms with Crippen molar-refractivity contribution in [1.82, 2.24) is 0 Å². The lowest BCUT2D eigenvalue weighted by Crippen LogP contribution is -2.43. The fraction of sp³-hybridized carbons (Fsp3) is 0.241. The minimum Gasteiger partial charge on any atom is -0.394 e. The molecule has 3 atom stereocenters. The van der Waals surface area contributed by atoms with Gasteiger partial charge >= 0.3 is 0 Å². The molecule has 0 aliphatic heterocycles. The van der Waals surface area contributed by atoms with E-state index in [2.05, 4.69) is 6.58 Å². The molecule has 172 valence electrons. The van der Waals surface area contributed by atoms with Crippen LogP contribution in [0.15, 0.2) is 116 Å². The molecule has 0 bridgehead atoms. The molecule has 0 aromatic heterocycles. The van der Waals surface area contributed by atoms with Gasteiger partial charge in [0.2, 0.25) is 0 Å². The van der Waals surface area contributed by atoms with Crippen molar-refractivity contribution in [2.75, 3.05) is 6.61 Å². The number of hydrogen-bond donors (Lipinski definition) is 1. The van der Waals surface area contributed by atoms with Crippen LogP contribution in [0.4, 0.5) is 0 Å². The van der Waals surface area contributed by atoms with Crippen LogP contribution in [-0.2, 0) is 34.0 Å². The summed E-state index contributed by atoms with van der Waals surface area (Å²) in [7, 11) is 0. The van der Waals surface area contributed by atoms with Crippen molar-refractivity contribution in [3.05, 3.63) is 132 Å². The SMILES string of the molecule is C=C/C=C\[C@@H](OCc1ccccc1)[C@H](OCc1ccccc1)[C@H](CO)OCc1ccccc1. The summed E-state index contributed by atoms with van der Waals surface area (Å²) in [6, 6.07) is 29.8. The van der Waals surface area contributed by atoms with E-state index in [1.54, 1.807) is 6.08 Å². The molecule has 3 aromatic rings. The second-order valence-corrected chi connectivity index (χ2v) is 7.66. The maximum Gasteiger partial charge on any atom is 0.116 e. The van der Waals surface area contributed by atoms with Crippen LogP contribution in [0, 0.1) is 0 Å². The van der Waals surface area contributed by atoms with Crippen LogP contribution >= 0.6 is 0 Å². The summed E-state index contributed by atoms with van der Waals surface area (Å²) in [6.45, 7) is 4.75. The van der Waals surface area contributed by atoms with Gasteiger partial charge in [-0.25, -0.2) is 0 Å². The van der Waals surface area contributed by atoms with Gasteiger partial charge in [-0.1, -0.05) is 116 Å². The predicted octanol–water partition coefficient (Wildman–Crippen LogP) is 5.48. The van der Waals surface area contributed by atoms with Gasteiger partial charge in [-0.3, -0.25) is 0 Å². The molecule has 0 saturated heterocycles. The molecular weight excluding hydrogens is 412 g/mol. The Morgan fingerprint density at radius 2 is 1.12 bits per heavy atom. The molecule has 0 saturated carbocycles. The molecule has 4 heteroatoms. The third-order valence-electron chi connectivity index (χ3n) is 5.18. The zero-order valence-corrected chi connectivity index (χ0v) is 18.8. The lowest BCUT2D eigenvalue weighted by Gasteiger charge is -2.31. The Hall–Kier alpha value is -3.02. The highest BCUT2D eigenvalue weighted by Crippen LogP contribution is 2.19. The maximum atomic E-state index is 10.2. The van der Waals surface area contributed by atoms with Crippen LogP contribution in [0.2, 0.25) is 0 Å². The standard InChI is InChI=1S/C29H32O4/c1-2-3-19-27(31-21-24-13-7-4-8-14-24)29(33-23-26-17-11-6-12-18-26)28(20-30)32-22-25-15-9-5-10-16-25/h2-19,27-30H,1,20-23H2/b19-3-/t27-,28+,29+/m1/s1. The third kappa shape index (κ3) is 8.44. The van der Waals surface area contributed by atoms with Gasteiger partial charge in [-0.15, -0.1) is 0 Å². The molecule has 33 heavy (non-hydrogen) atoms. The van der Waals surface area contributed by atoms with Gasteiger partial charge in [-0.05, 0) is 16.7 Å². The molecule has 0 unspecified atom stereocenters. The summed E-state index contributed by atoms with van der Waals surface area (Å²) >= 11 is 0. The second kappa shape index (κ2) is 14.2. The van der Waals surface area contributed by atoms with Gasteiger partial charge in [0.05, 0.1) is 26.4 Å². The summed E-state index contributed by atoms with van der Waals surface area (Å²) in [5.74, 6) is 0. The van der Waals surface area contributed by atoms with Crippen molar-refractivity contribution in [2.45, 2.75) is 38.1 Å². The van der Waals surface area contributed by atoms with Gasteiger partial charge in [0.25, 0.3) is 0 Å². The first-order valence-corrected chi connectivity index (χ1v) is 11.2. The third-order valence-corrected chi connectivity index (χ3v) is 5.18. The molecule has 0 amide bonds. The fourth-order valence-corrected chi connectivity index (χ4v) is 3.42. The zero-order chi connectivity index (χ0) is 23.1. The van der Waals surface area contributed by atoms with E-state index in [1.807, 2.05) is 103 Å². The van der Waals surface area contributed by atoms with Crippen LogP contribution in [0.1, 0.15) is 16.7 Å². The van der Waals surface area contributed by atoms with E-state index >= 15 is 0 Å². The monoisotopic (exact) mass is 444 g/mol. The second-order valence-electron chi connectivity index (χ2n) is 7.66. The van der Waals surface area contributed by atoms with E-state index in [1.165, 1.54) is 0 Å². The topological polar surface area (TPSA) is 47.9 Å². The molecular formula is C29H32O4. The molecule has 3 aromatic carbocycles. The van der Waals surface area contributed by atoms with Crippen molar-refractivity contribution in [3.8, 4) is 0 Å². The van der Waals surface area contributed by atoms with Crippen LogP contribution < -0.4 is 0 Å².